The maximum atomic E-state index is 15.7. The number of fused-ring (bicyclic) bond motifs is 1. The SMILES string of the molecule is CCc1ccc(C(=O)Nc2ccc(F)c(-c3cccc(-c4cc5c(c(OC)n4)[C@@H](N4CC[C@@]6(CCC(CC)C(=O)N6)C4)CC5)c3C)c2C)c(=O)n1C. The predicted molar refractivity (Wildman–Crippen MR) is 201 cm³/mol. The molecule has 0 saturated carbocycles. The molecule has 1 unspecified atom stereocenters. The van der Waals surface area contributed by atoms with Crippen LogP contribution in [0.15, 0.2) is 53.3 Å². The molecule has 3 aliphatic rings. The third-order valence-corrected chi connectivity index (χ3v) is 11.9. The van der Waals surface area contributed by atoms with Gasteiger partial charge >= 0.3 is 0 Å². The van der Waals surface area contributed by atoms with Crippen molar-refractivity contribution in [1.82, 2.24) is 19.8 Å². The van der Waals surface area contributed by atoms with Gasteiger partial charge in [-0.1, -0.05) is 32.0 Å². The van der Waals surface area contributed by atoms with E-state index in [4.69, 9.17) is 9.72 Å². The Morgan fingerprint density at radius 1 is 1.06 bits per heavy atom. The zero-order chi connectivity index (χ0) is 36.9. The first kappa shape index (κ1) is 35.6. The van der Waals surface area contributed by atoms with Crippen molar-refractivity contribution < 1.29 is 18.7 Å². The molecule has 2 N–H and O–H groups in total. The van der Waals surface area contributed by atoms with Gasteiger partial charge in [-0.25, -0.2) is 9.37 Å². The summed E-state index contributed by atoms with van der Waals surface area (Å²) in [5, 5.41) is 6.26. The summed E-state index contributed by atoms with van der Waals surface area (Å²) in [5.41, 5.74) is 7.15. The lowest BCUT2D eigenvalue weighted by atomic mass is 9.82. The topological polar surface area (TPSA) is 106 Å². The van der Waals surface area contributed by atoms with E-state index in [2.05, 4.69) is 28.5 Å². The minimum absolute atomic E-state index is 0.0251. The van der Waals surface area contributed by atoms with Gasteiger partial charge < -0.3 is 19.9 Å². The smallest absolute Gasteiger partial charge is 0.263 e. The van der Waals surface area contributed by atoms with Gasteiger partial charge in [-0.3, -0.25) is 19.3 Å². The lowest BCUT2D eigenvalue weighted by Crippen LogP contribution is -2.56. The summed E-state index contributed by atoms with van der Waals surface area (Å²) in [7, 11) is 3.32. The minimum Gasteiger partial charge on any atom is -0.481 e. The number of aromatic nitrogens is 2. The average molecular weight is 706 g/mol. The van der Waals surface area contributed by atoms with E-state index in [1.165, 1.54) is 22.3 Å². The van der Waals surface area contributed by atoms with Crippen LogP contribution in [-0.2, 0) is 24.7 Å². The Morgan fingerprint density at radius 2 is 1.85 bits per heavy atom. The van der Waals surface area contributed by atoms with Crippen LogP contribution >= 0.6 is 0 Å². The van der Waals surface area contributed by atoms with E-state index in [9.17, 15) is 14.4 Å². The summed E-state index contributed by atoms with van der Waals surface area (Å²) in [5.74, 6) is -0.0406. The van der Waals surface area contributed by atoms with Crippen molar-refractivity contribution in [2.75, 3.05) is 25.5 Å². The third-order valence-electron chi connectivity index (χ3n) is 11.9. The molecule has 0 radical (unpaired) electrons. The average Bonchev–Trinajstić information content (AvgIpc) is 3.75. The van der Waals surface area contributed by atoms with E-state index in [0.717, 1.165) is 79.7 Å². The second-order valence-electron chi connectivity index (χ2n) is 14.8. The van der Waals surface area contributed by atoms with Crippen molar-refractivity contribution in [1.29, 1.82) is 0 Å². The highest BCUT2D eigenvalue weighted by Crippen LogP contribution is 2.46. The normalized spacial score (nSPS) is 21.3. The Morgan fingerprint density at radius 3 is 2.58 bits per heavy atom. The van der Waals surface area contributed by atoms with Crippen LogP contribution in [0.3, 0.4) is 0 Å². The fourth-order valence-electron chi connectivity index (χ4n) is 8.83. The number of carbonyl (C=O) groups excluding carboxylic acids is 2. The number of hydrogen-bond acceptors (Lipinski definition) is 6. The molecule has 2 fully saturated rings. The molecule has 4 aromatic rings. The van der Waals surface area contributed by atoms with Crippen LogP contribution < -0.4 is 20.9 Å². The number of likely N-dealkylation sites (tertiary alicyclic amines) is 1. The molecule has 2 aromatic carbocycles. The largest absolute Gasteiger partial charge is 0.481 e. The number of amides is 2. The van der Waals surface area contributed by atoms with Gasteiger partial charge in [0.15, 0.2) is 0 Å². The predicted octanol–water partition coefficient (Wildman–Crippen LogP) is 7.06. The number of ether oxygens (including phenoxy) is 1. The quantitative estimate of drug-likeness (QED) is 0.204. The number of hydrogen-bond donors (Lipinski definition) is 2. The molecule has 2 saturated heterocycles. The highest BCUT2D eigenvalue weighted by Gasteiger charge is 2.47. The number of piperidine rings is 1. The van der Waals surface area contributed by atoms with Gasteiger partial charge in [0.25, 0.3) is 11.5 Å². The van der Waals surface area contributed by atoms with Crippen LogP contribution in [0.5, 0.6) is 5.88 Å². The summed E-state index contributed by atoms with van der Waals surface area (Å²) in [4.78, 5) is 46.6. The molecule has 4 heterocycles. The molecule has 1 aliphatic carbocycles. The Labute approximate surface area is 304 Å². The van der Waals surface area contributed by atoms with E-state index in [1.807, 2.05) is 32.0 Å². The molecule has 7 rings (SSSR count). The Hall–Kier alpha value is -4.83. The molecular formula is C42H48FN5O4. The number of nitrogens with zero attached hydrogens (tertiary/aromatic N) is 3. The van der Waals surface area contributed by atoms with Gasteiger partial charge in [0.2, 0.25) is 11.8 Å². The van der Waals surface area contributed by atoms with E-state index >= 15 is 4.39 Å². The van der Waals surface area contributed by atoms with Crippen molar-refractivity contribution in [3.05, 3.63) is 98.2 Å². The van der Waals surface area contributed by atoms with Crippen molar-refractivity contribution >= 4 is 17.5 Å². The molecule has 10 heteroatoms. The first-order chi connectivity index (χ1) is 25.0. The highest BCUT2D eigenvalue weighted by molar-refractivity contribution is 6.05. The van der Waals surface area contributed by atoms with Gasteiger partial charge in [0.1, 0.15) is 11.4 Å². The van der Waals surface area contributed by atoms with Crippen LogP contribution in [0.4, 0.5) is 10.1 Å². The maximum absolute atomic E-state index is 15.7. The second kappa shape index (κ2) is 14.0. The van der Waals surface area contributed by atoms with Crippen molar-refractivity contribution in [2.24, 2.45) is 13.0 Å². The molecular weight excluding hydrogens is 657 g/mol. The van der Waals surface area contributed by atoms with Crippen LogP contribution in [0.2, 0.25) is 0 Å². The van der Waals surface area contributed by atoms with E-state index in [-0.39, 0.29) is 34.5 Å². The van der Waals surface area contributed by atoms with E-state index < -0.39 is 11.7 Å². The maximum Gasteiger partial charge on any atom is 0.263 e. The molecule has 9 nitrogen and oxygen atoms in total. The summed E-state index contributed by atoms with van der Waals surface area (Å²) in [6.45, 7) is 9.52. The lowest BCUT2D eigenvalue weighted by Gasteiger charge is -2.38. The van der Waals surface area contributed by atoms with Crippen molar-refractivity contribution in [3.8, 4) is 28.3 Å². The number of rotatable bonds is 8. The minimum atomic E-state index is -0.542. The first-order valence-corrected chi connectivity index (χ1v) is 18.5. The number of methoxy groups -OCH3 is 1. The number of nitrogens with one attached hydrogen (secondary N) is 2. The number of carbonyl (C=O) groups is 2. The second-order valence-corrected chi connectivity index (χ2v) is 14.8. The zero-order valence-electron chi connectivity index (χ0n) is 31.0. The molecule has 2 amide bonds. The summed E-state index contributed by atoms with van der Waals surface area (Å²) >= 11 is 0. The van der Waals surface area contributed by atoms with E-state index in [1.54, 1.807) is 33.2 Å². The van der Waals surface area contributed by atoms with Crippen LogP contribution in [0.25, 0.3) is 22.4 Å². The van der Waals surface area contributed by atoms with Crippen LogP contribution in [-0.4, -0.2) is 52.0 Å². The zero-order valence-corrected chi connectivity index (χ0v) is 31.0. The van der Waals surface area contributed by atoms with Gasteiger partial charge in [-0.15, -0.1) is 0 Å². The molecule has 52 heavy (non-hydrogen) atoms. The molecule has 2 aliphatic heterocycles. The summed E-state index contributed by atoms with van der Waals surface area (Å²) < 4.78 is 23.2. The molecule has 1 spiro atoms. The van der Waals surface area contributed by atoms with Gasteiger partial charge in [-0.2, -0.15) is 0 Å². The number of aryl methyl sites for hydroxylation is 2. The van der Waals surface area contributed by atoms with E-state index in [0.29, 0.717) is 34.7 Å². The Balaban J connectivity index is 1.17. The van der Waals surface area contributed by atoms with Gasteiger partial charge in [-0.05, 0) is 111 Å². The molecule has 2 aromatic heterocycles. The molecule has 3 atom stereocenters. The number of benzene rings is 2. The monoisotopic (exact) mass is 705 g/mol. The van der Waals surface area contributed by atoms with Gasteiger partial charge in [0, 0.05) is 60.2 Å². The summed E-state index contributed by atoms with van der Waals surface area (Å²) in [6, 6.07) is 14.3. The standard InChI is InChI=1S/C42H48FN5O4/c1-7-26-18-19-42(46-38(26)49)20-21-48(23-42)35-17-12-27-22-34(45-40(52-6)37(27)35)29-10-9-11-30(24(29)3)36-25(4)33(16-15-32(36)43)44-39(50)31-14-13-28(8-2)47(5)41(31)51/h9-11,13-16,22,26,35H,7-8,12,17-21,23H2,1-6H3,(H,44,50)(H,46,49)/t26?,35-,42-/m0/s1. The van der Waals surface area contributed by atoms with Crippen molar-refractivity contribution in [2.45, 2.75) is 84.2 Å². The Kier molecular flexibility index (Phi) is 9.54. The molecule has 272 valence electrons. The van der Waals surface area contributed by atoms with Gasteiger partial charge in [0.05, 0.1) is 18.3 Å². The van der Waals surface area contributed by atoms with Crippen LogP contribution in [0, 0.1) is 25.6 Å². The number of halogens is 1. The lowest BCUT2D eigenvalue weighted by molar-refractivity contribution is -0.129. The fourth-order valence-corrected chi connectivity index (χ4v) is 8.83. The van der Waals surface area contributed by atoms with Crippen LogP contribution in [0.1, 0.15) is 90.3 Å². The fraction of sp³-hybridized carbons (Fsp3) is 0.429. The first-order valence-electron chi connectivity index (χ1n) is 18.5. The highest BCUT2D eigenvalue weighted by atomic mass is 19.1. The summed E-state index contributed by atoms with van der Waals surface area (Å²) in [6.07, 6.45) is 6.30. The third kappa shape index (κ3) is 6.10. The Bertz CT molecular complexity index is 2140. The number of pyridine rings is 2. The van der Waals surface area contributed by atoms with Crippen molar-refractivity contribution in [3.63, 3.8) is 0 Å². The molecule has 0 bridgehead atoms. The number of anilines is 1.